The van der Waals surface area contributed by atoms with Crippen molar-refractivity contribution < 1.29 is 17.6 Å². The third-order valence-corrected chi connectivity index (χ3v) is 4.89. The number of hydrogen-bond donors (Lipinski definition) is 0. The molecule has 1 atom stereocenters. The van der Waals surface area contributed by atoms with Gasteiger partial charge in [0.15, 0.2) is 9.84 Å². The fraction of sp³-hybridized carbons (Fsp3) is 0.357. The van der Waals surface area contributed by atoms with E-state index in [0.717, 1.165) is 18.2 Å². The molecule has 1 amide bonds. The molecule has 1 saturated carbocycles. The minimum atomic E-state index is -3.24. The van der Waals surface area contributed by atoms with Gasteiger partial charge < -0.3 is 4.90 Å². The minimum absolute atomic E-state index is 0.0308. The van der Waals surface area contributed by atoms with Crippen LogP contribution in [0.4, 0.5) is 10.1 Å². The lowest BCUT2D eigenvalue weighted by molar-refractivity contribution is -0.120. The van der Waals surface area contributed by atoms with Gasteiger partial charge >= 0.3 is 0 Å². The van der Waals surface area contributed by atoms with Crippen molar-refractivity contribution in [1.29, 1.82) is 0 Å². The van der Waals surface area contributed by atoms with Gasteiger partial charge in [-0.15, -0.1) is 0 Å². The number of benzene rings is 1. The summed E-state index contributed by atoms with van der Waals surface area (Å²) in [7, 11) is -3.24. The van der Waals surface area contributed by atoms with Gasteiger partial charge in [-0.2, -0.15) is 0 Å². The van der Waals surface area contributed by atoms with E-state index in [1.165, 1.54) is 35.2 Å². The maximum Gasteiger partial charge on any atom is 0.230 e. The number of carbonyl (C=O) groups excluding carboxylic acids is 1. The van der Waals surface area contributed by atoms with E-state index in [2.05, 4.69) is 0 Å². The molecule has 0 spiro atoms. The highest BCUT2D eigenvalue weighted by Crippen LogP contribution is 2.34. The van der Waals surface area contributed by atoms with Crippen LogP contribution in [0.2, 0.25) is 0 Å². The molecule has 1 aliphatic heterocycles. The average molecular weight is 295 g/mol. The Balaban J connectivity index is 1.94. The molecule has 2 aliphatic rings. The Bertz CT molecular complexity index is 662. The number of sulfone groups is 1. The standard InChI is InChI=1S/C14H14FNO3S/c15-11-3-5-12(6-4-11)16(14(17)10-1-2-10)13-7-8-20(18,19)9-13/h3-8,10,13H,1-2,9H2/t13-/m0/s1. The van der Waals surface area contributed by atoms with Crippen LogP contribution >= 0.6 is 0 Å². The quantitative estimate of drug-likeness (QED) is 0.855. The van der Waals surface area contributed by atoms with E-state index in [0.29, 0.717) is 5.69 Å². The first-order chi connectivity index (χ1) is 9.46. The Morgan fingerprint density at radius 1 is 1.20 bits per heavy atom. The third-order valence-electron chi connectivity index (χ3n) is 3.51. The molecule has 1 fully saturated rings. The first-order valence-corrected chi connectivity index (χ1v) is 8.17. The molecular weight excluding hydrogens is 281 g/mol. The van der Waals surface area contributed by atoms with Gasteiger partial charge in [-0.1, -0.05) is 0 Å². The molecule has 0 unspecified atom stereocenters. The van der Waals surface area contributed by atoms with E-state index in [1.54, 1.807) is 0 Å². The van der Waals surface area contributed by atoms with Gasteiger partial charge in [-0.25, -0.2) is 12.8 Å². The van der Waals surface area contributed by atoms with Crippen molar-refractivity contribution in [3.05, 3.63) is 41.6 Å². The first kappa shape index (κ1) is 13.3. The van der Waals surface area contributed by atoms with Gasteiger partial charge in [0.1, 0.15) is 5.82 Å². The molecule has 0 radical (unpaired) electrons. The number of hydrogen-bond acceptors (Lipinski definition) is 3. The summed E-state index contributed by atoms with van der Waals surface area (Å²) in [5, 5.41) is 1.15. The lowest BCUT2D eigenvalue weighted by atomic mass is 10.2. The highest BCUT2D eigenvalue weighted by Gasteiger charge is 2.39. The molecule has 1 aliphatic carbocycles. The van der Waals surface area contributed by atoms with Gasteiger partial charge in [0.05, 0.1) is 11.8 Å². The zero-order chi connectivity index (χ0) is 14.3. The molecule has 4 nitrogen and oxygen atoms in total. The minimum Gasteiger partial charge on any atom is -0.304 e. The van der Waals surface area contributed by atoms with Crippen molar-refractivity contribution >= 4 is 21.4 Å². The van der Waals surface area contributed by atoms with E-state index in [9.17, 15) is 17.6 Å². The van der Waals surface area contributed by atoms with Gasteiger partial charge in [0.25, 0.3) is 0 Å². The van der Waals surface area contributed by atoms with Gasteiger partial charge in [-0.05, 0) is 43.2 Å². The second-order valence-electron chi connectivity index (χ2n) is 5.18. The summed E-state index contributed by atoms with van der Waals surface area (Å²) in [6, 6.07) is 5.06. The lowest BCUT2D eigenvalue weighted by Crippen LogP contribution is -2.42. The van der Waals surface area contributed by atoms with Crippen LogP contribution in [-0.4, -0.2) is 26.1 Å². The van der Waals surface area contributed by atoms with Crippen LogP contribution in [0.15, 0.2) is 35.7 Å². The van der Waals surface area contributed by atoms with Crippen LogP contribution in [0, 0.1) is 11.7 Å². The molecule has 106 valence electrons. The summed E-state index contributed by atoms with van der Waals surface area (Å²) in [5.74, 6) is -0.606. The summed E-state index contributed by atoms with van der Waals surface area (Å²) in [6.45, 7) is 0. The highest BCUT2D eigenvalue weighted by atomic mass is 32.2. The Labute approximate surface area is 116 Å². The first-order valence-electron chi connectivity index (χ1n) is 6.46. The molecule has 0 aromatic heterocycles. The van der Waals surface area contributed by atoms with E-state index in [4.69, 9.17) is 0 Å². The number of rotatable bonds is 3. The SMILES string of the molecule is O=C(C1CC1)N(c1ccc(F)cc1)[C@H]1C=CS(=O)(=O)C1. The van der Waals surface area contributed by atoms with Gasteiger partial charge in [0, 0.05) is 17.0 Å². The molecule has 1 aromatic carbocycles. The van der Waals surface area contributed by atoms with Gasteiger partial charge in [0.2, 0.25) is 5.91 Å². The lowest BCUT2D eigenvalue weighted by Gasteiger charge is -2.27. The zero-order valence-corrected chi connectivity index (χ0v) is 11.5. The van der Waals surface area contributed by atoms with E-state index in [1.807, 2.05) is 0 Å². The van der Waals surface area contributed by atoms with Crippen LogP contribution in [-0.2, 0) is 14.6 Å². The van der Waals surface area contributed by atoms with Crippen molar-refractivity contribution in [1.82, 2.24) is 0 Å². The Hall–Kier alpha value is -1.69. The second-order valence-corrected chi connectivity index (χ2v) is 7.12. The molecule has 0 saturated heterocycles. The summed E-state index contributed by atoms with van der Waals surface area (Å²) in [6.07, 6.45) is 3.19. The number of anilines is 1. The predicted octanol–water partition coefficient (Wildman–Crippen LogP) is 1.88. The maximum atomic E-state index is 13.0. The molecule has 1 aromatic rings. The van der Waals surface area contributed by atoms with Crippen molar-refractivity contribution in [2.75, 3.05) is 10.7 Å². The van der Waals surface area contributed by atoms with Crippen LogP contribution in [0.25, 0.3) is 0 Å². The molecule has 0 N–H and O–H groups in total. The Morgan fingerprint density at radius 3 is 2.35 bits per heavy atom. The van der Waals surface area contributed by atoms with Crippen molar-refractivity contribution in [3.63, 3.8) is 0 Å². The highest BCUT2D eigenvalue weighted by molar-refractivity contribution is 7.94. The molecule has 6 heteroatoms. The number of nitrogens with zero attached hydrogens (tertiary/aromatic N) is 1. The smallest absolute Gasteiger partial charge is 0.230 e. The van der Waals surface area contributed by atoms with Crippen LogP contribution < -0.4 is 4.90 Å². The zero-order valence-electron chi connectivity index (χ0n) is 10.7. The third kappa shape index (κ3) is 2.60. The molecule has 3 rings (SSSR count). The largest absolute Gasteiger partial charge is 0.304 e. The topological polar surface area (TPSA) is 54.5 Å². The summed E-state index contributed by atoms with van der Waals surface area (Å²) < 4.78 is 36.1. The monoisotopic (exact) mass is 295 g/mol. The second kappa shape index (κ2) is 4.70. The average Bonchev–Trinajstić information content (AvgIpc) is 3.17. The van der Waals surface area contributed by atoms with Crippen molar-refractivity contribution in [2.45, 2.75) is 18.9 Å². The van der Waals surface area contributed by atoms with Crippen LogP contribution in [0.5, 0.6) is 0 Å². The summed E-state index contributed by atoms with van der Waals surface area (Å²) in [4.78, 5) is 13.9. The van der Waals surface area contributed by atoms with Gasteiger partial charge in [-0.3, -0.25) is 4.79 Å². The summed E-state index contributed by atoms with van der Waals surface area (Å²) >= 11 is 0. The van der Waals surface area contributed by atoms with Crippen molar-refractivity contribution in [3.8, 4) is 0 Å². The van der Waals surface area contributed by atoms with Crippen molar-refractivity contribution in [2.24, 2.45) is 5.92 Å². The Morgan fingerprint density at radius 2 is 1.85 bits per heavy atom. The van der Waals surface area contributed by atoms with E-state index >= 15 is 0 Å². The molecule has 0 bridgehead atoms. The Kier molecular flexibility index (Phi) is 3.12. The number of amides is 1. The maximum absolute atomic E-state index is 13.0. The summed E-state index contributed by atoms with van der Waals surface area (Å²) in [5.41, 5.74) is 0.537. The fourth-order valence-electron chi connectivity index (χ4n) is 2.33. The van der Waals surface area contributed by atoms with Crippen LogP contribution in [0.1, 0.15) is 12.8 Å². The molecule has 20 heavy (non-hydrogen) atoms. The number of carbonyl (C=O) groups is 1. The van der Waals surface area contributed by atoms with E-state index < -0.39 is 15.9 Å². The fourth-order valence-corrected chi connectivity index (χ4v) is 3.60. The molecule has 1 heterocycles. The van der Waals surface area contributed by atoms with E-state index in [-0.39, 0.29) is 23.4 Å². The predicted molar refractivity (Wildman–Crippen MR) is 73.3 cm³/mol. The number of halogens is 1. The van der Waals surface area contributed by atoms with Crippen LogP contribution in [0.3, 0.4) is 0 Å². The normalized spacial score (nSPS) is 23.8. The molecular formula is C14H14FNO3S.